The summed E-state index contributed by atoms with van der Waals surface area (Å²) in [4.78, 5) is 17.6. The van der Waals surface area contributed by atoms with Gasteiger partial charge in [-0.2, -0.15) is 5.10 Å². The molecule has 4 rings (SSSR count). The van der Waals surface area contributed by atoms with Crippen molar-refractivity contribution in [2.75, 3.05) is 36.0 Å². The third kappa shape index (κ3) is 1.99. The third-order valence-electron chi connectivity index (χ3n) is 3.88. The average molecular weight is 284 g/mol. The maximum absolute atomic E-state index is 4.42. The predicted octanol–water partition coefficient (Wildman–Crippen LogP) is 0.413. The maximum Gasteiger partial charge on any atom is 0.205 e. The molecule has 0 aliphatic carbocycles. The van der Waals surface area contributed by atoms with E-state index < -0.39 is 0 Å². The van der Waals surface area contributed by atoms with Crippen molar-refractivity contribution in [3.8, 4) is 0 Å². The Morgan fingerprint density at radius 1 is 1.05 bits per heavy atom. The molecule has 1 fully saturated rings. The van der Waals surface area contributed by atoms with E-state index in [1.54, 1.807) is 12.5 Å². The summed E-state index contributed by atoms with van der Waals surface area (Å²) in [5.41, 5.74) is 0.784. The van der Waals surface area contributed by atoms with Crippen LogP contribution in [0.15, 0.2) is 24.9 Å². The van der Waals surface area contributed by atoms with E-state index in [4.69, 9.17) is 0 Å². The summed E-state index contributed by atoms with van der Waals surface area (Å²) < 4.78 is 2.05. The van der Waals surface area contributed by atoms with Gasteiger partial charge in [0.25, 0.3) is 0 Å². The molecule has 0 atom stereocenters. The summed E-state index contributed by atoms with van der Waals surface area (Å²) in [6.45, 7) is 3.66. The number of rotatable bonds is 2. The molecule has 108 valence electrons. The molecule has 0 spiro atoms. The highest BCUT2D eigenvalue weighted by atomic mass is 15.4. The van der Waals surface area contributed by atoms with Gasteiger partial charge in [-0.15, -0.1) is 0 Å². The first-order valence-electron chi connectivity index (χ1n) is 6.94. The summed E-state index contributed by atoms with van der Waals surface area (Å²) in [6, 6.07) is 0. The van der Waals surface area contributed by atoms with Crippen LogP contribution in [0.4, 0.5) is 11.8 Å². The van der Waals surface area contributed by atoms with Crippen molar-refractivity contribution in [2.24, 2.45) is 7.05 Å². The van der Waals surface area contributed by atoms with Gasteiger partial charge in [-0.3, -0.25) is 5.10 Å². The number of anilines is 2. The van der Waals surface area contributed by atoms with Crippen LogP contribution in [0.25, 0.3) is 11.0 Å². The number of aryl methyl sites for hydroxylation is 1. The molecule has 1 aliphatic heterocycles. The highest BCUT2D eigenvalue weighted by Crippen LogP contribution is 2.23. The first kappa shape index (κ1) is 12.1. The lowest BCUT2D eigenvalue weighted by molar-refractivity contribution is 0.626. The van der Waals surface area contributed by atoms with Gasteiger partial charge >= 0.3 is 0 Å². The van der Waals surface area contributed by atoms with E-state index in [1.807, 2.05) is 19.4 Å². The van der Waals surface area contributed by atoms with Crippen LogP contribution in [0.2, 0.25) is 0 Å². The summed E-state index contributed by atoms with van der Waals surface area (Å²) in [6.07, 6.45) is 7.18. The van der Waals surface area contributed by atoms with Gasteiger partial charge in [0.2, 0.25) is 5.95 Å². The molecule has 8 heteroatoms. The third-order valence-corrected chi connectivity index (χ3v) is 3.88. The molecule has 0 bridgehead atoms. The van der Waals surface area contributed by atoms with E-state index in [9.17, 15) is 0 Å². The molecule has 0 saturated carbocycles. The number of hydrogen-bond donors (Lipinski definition) is 1. The highest BCUT2D eigenvalue weighted by molar-refractivity contribution is 5.86. The van der Waals surface area contributed by atoms with Crippen LogP contribution in [0.1, 0.15) is 0 Å². The summed E-state index contributed by atoms with van der Waals surface area (Å²) in [5.74, 6) is 1.97. The molecule has 0 radical (unpaired) electrons. The molecule has 0 amide bonds. The Hall–Kier alpha value is -2.64. The minimum Gasteiger partial charge on any atom is -0.352 e. The second kappa shape index (κ2) is 4.72. The lowest BCUT2D eigenvalue weighted by Gasteiger charge is -2.35. The Kier molecular flexibility index (Phi) is 2.73. The van der Waals surface area contributed by atoms with Crippen LogP contribution >= 0.6 is 0 Å². The number of imidazole rings is 1. The van der Waals surface area contributed by atoms with Crippen molar-refractivity contribution >= 4 is 22.8 Å². The smallest absolute Gasteiger partial charge is 0.205 e. The minimum atomic E-state index is 0.784. The van der Waals surface area contributed by atoms with Crippen LogP contribution in [0.5, 0.6) is 0 Å². The predicted molar refractivity (Wildman–Crippen MR) is 79.3 cm³/mol. The SMILES string of the molecule is Cn1ccnc1N1CCN(c2ncnc3[nH]ncc23)CC1. The molecule has 1 saturated heterocycles. The van der Waals surface area contributed by atoms with Crippen LogP contribution in [0.3, 0.4) is 0 Å². The fraction of sp³-hybridized carbons (Fsp3) is 0.385. The van der Waals surface area contributed by atoms with Crippen LogP contribution in [-0.2, 0) is 7.05 Å². The lowest BCUT2D eigenvalue weighted by atomic mass is 10.3. The molecular formula is C13H16N8. The second-order valence-electron chi connectivity index (χ2n) is 5.14. The van der Waals surface area contributed by atoms with Crippen molar-refractivity contribution in [1.82, 2.24) is 29.7 Å². The lowest BCUT2D eigenvalue weighted by Crippen LogP contribution is -2.47. The summed E-state index contributed by atoms with van der Waals surface area (Å²) >= 11 is 0. The first-order valence-corrected chi connectivity index (χ1v) is 6.94. The molecule has 1 aliphatic rings. The quantitative estimate of drug-likeness (QED) is 0.734. The van der Waals surface area contributed by atoms with E-state index in [0.717, 1.165) is 49.0 Å². The molecule has 3 aromatic rings. The van der Waals surface area contributed by atoms with Gasteiger partial charge in [-0.05, 0) is 0 Å². The highest BCUT2D eigenvalue weighted by Gasteiger charge is 2.22. The molecule has 3 aromatic heterocycles. The van der Waals surface area contributed by atoms with E-state index >= 15 is 0 Å². The van der Waals surface area contributed by atoms with E-state index in [2.05, 4.69) is 39.5 Å². The summed E-state index contributed by atoms with van der Waals surface area (Å²) in [7, 11) is 2.02. The second-order valence-corrected chi connectivity index (χ2v) is 5.14. The van der Waals surface area contributed by atoms with Crippen molar-refractivity contribution in [3.05, 3.63) is 24.9 Å². The van der Waals surface area contributed by atoms with E-state index in [1.165, 1.54) is 0 Å². The van der Waals surface area contributed by atoms with Crippen molar-refractivity contribution in [1.29, 1.82) is 0 Å². The zero-order valence-electron chi connectivity index (χ0n) is 11.8. The zero-order chi connectivity index (χ0) is 14.2. The van der Waals surface area contributed by atoms with Gasteiger partial charge in [-0.25, -0.2) is 15.0 Å². The number of hydrogen-bond acceptors (Lipinski definition) is 6. The summed E-state index contributed by atoms with van der Waals surface area (Å²) in [5, 5.41) is 7.91. The van der Waals surface area contributed by atoms with Gasteiger partial charge < -0.3 is 14.4 Å². The van der Waals surface area contributed by atoms with Crippen LogP contribution in [0, 0.1) is 0 Å². The minimum absolute atomic E-state index is 0.784. The Balaban J connectivity index is 1.55. The Labute approximate surface area is 121 Å². The van der Waals surface area contributed by atoms with Crippen molar-refractivity contribution < 1.29 is 0 Å². The molecule has 0 aromatic carbocycles. The number of aromatic amines is 1. The number of fused-ring (bicyclic) bond motifs is 1. The van der Waals surface area contributed by atoms with Crippen molar-refractivity contribution in [3.63, 3.8) is 0 Å². The van der Waals surface area contributed by atoms with E-state index in [-0.39, 0.29) is 0 Å². The standard InChI is InChI=1S/C13H16N8/c1-19-3-2-14-13(19)21-6-4-20(5-7-21)12-10-8-17-18-11(10)15-9-16-12/h2-3,8-9H,4-7H2,1H3,(H,15,16,17,18). The topological polar surface area (TPSA) is 78.8 Å². The van der Waals surface area contributed by atoms with Crippen molar-refractivity contribution in [2.45, 2.75) is 0 Å². The first-order chi connectivity index (χ1) is 10.3. The van der Waals surface area contributed by atoms with Gasteiger partial charge in [0.05, 0.1) is 11.6 Å². The number of H-pyrrole nitrogens is 1. The zero-order valence-corrected chi connectivity index (χ0v) is 11.8. The molecule has 4 heterocycles. The number of nitrogens with one attached hydrogen (secondary N) is 1. The van der Waals surface area contributed by atoms with Gasteiger partial charge in [-0.1, -0.05) is 0 Å². The number of aromatic nitrogens is 6. The molecule has 1 N–H and O–H groups in total. The molecule has 0 unspecified atom stereocenters. The van der Waals surface area contributed by atoms with Gasteiger partial charge in [0.1, 0.15) is 12.1 Å². The molecule has 21 heavy (non-hydrogen) atoms. The Bertz CT molecular complexity index is 752. The number of piperazine rings is 1. The molecular weight excluding hydrogens is 268 g/mol. The number of nitrogens with zero attached hydrogens (tertiary/aromatic N) is 7. The largest absolute Gasteiger partial charge is 0.352 e. The fourth-order valence-corrected chi connectivity index (χ4v) is 2.78. The Morgan fingerprint density at radius 3 is 2.62 bits per heavy atom. The van der Waals surface area contributed by atoms with Crippen LogP contribution in [-0.4, -0.2) is 55.9 Å². The molecule has 8 nitrogen and oxygen atoms in total. The maximum atomic E-state index is 4.42. The monoisotopic (exact) mass is 284 g/mol. The van der Waals surface area contributed by atoms with Crippen LogP contribution < -0.4 is 9.80 Å². The average Bonchev–Trinajstić information content (AvgIpc) is 3.15. The normalized spacial score (nSPS) is 15.9. The van der Waals surface area contributed by atoms with Gasteiger partial charge in [0, 0.05) is 45.6 Å². The van der Waals surface area contributed by atoms with E-state index in [0.29, 0.717) is 0 Å². The Morgan fingerprint density at radius 2 is 1.86 bits per heavy atom. The fourth-order valence-electron chi connectivity index (χ4n) is 2.78. The van der Waals surface area contributed by atoms with Gasteiger partial charge in [0.15, 0.2) is 5.65 Å².